The minimum absolute atomic E-state index is 0.0251. The maximum atomic E-state index is 13.7. The number of halogens is 2. The molecular weight excluding hydrogens is 344 g/mol. The highest BCUT2D eigenvalue weighted by molar-refractivity contribution is 5.80. The van der Waals surface area contributed by atoms with Gasteiger partial charge in [-0.1, -0.05) is 36.9 Å². The van der Waals surface area contributed by atoms with Crippen molar-refractivity contribution in [3.63, 3.8) is 0 Å². The molecule has 1 aliphatic carbocycles. The zero-order chi connectivity index (χ0) is 19.2. The molecule has 1 aromatic rings. The summed E-state index contributed by atoms with van der Waals surface area (Å²) < 4.78 is 32.4. The minimum Gasteiger partial charge on any atom is -0.480 e. The van der Waals surface area contributed by atoms with E-state index < -0.39 is 35.9 Å². The van der Waals surface area contributed by atoms with Crippen molar-refractivity contribution in [2.45, 2.75) is 44.3 Å². The molecule has 26 heavy (non-hydrogen) atoms. The third-order valence-electron chi connectivity index (χ3n) is 4.81. The Morgan fingerprint density at radius 3 is 2.42 bits per heavy atom. The van der Waals surface area contributed by atoms with Crippen molar-refractivity contribution in [2.24, 2.45) is 11.8 Å². The second-order valence-corrected chi connectivity index (χ2v) is 6.51. The largest absolute Gasteiger partial charge is 0.480 e. The third kappa shape index (κ3) is 5.28. The lowest BCUT2D eigenvalue weighted by Crippen LogP contribution is -2.47. The molecule has 1 aliphatic rings. The number of aliphatic carboxylic acids is 1. The normalized spacial score (nSPS) is 21.5. The number of carboxylic acid groups (broad SMARTS) is 1. The molecule has 1 atom stereocenters. The number of benzene rings is 1. The van der Waals surface area contributed by atoms with Gasteiger partial charge in [-0.3, -0.25) is 0 Å². The van der Waals surface area contributed by atoms with Crippen LogP contribution in [0.2, 0.25) is 0 Å². The van der Waals surface area contributed by atoms with E-state index in [4.69, 9.17) is 4.74 Å². The Balaban J connectivity index is 1.88. The van der Waals surface area contributed by atoms with Crippen LogP contribution in [0.25, 0.3) is 0 Å². The Bertz CT molecular complexity index is 628. The molecule has 1 saturated carbocycles. The van der Waals surface area contributed by atoms with E-state index in [0.717, 1.165) is 5.56 Å². The fourth-order valence-electron chi connectivity index (χ4n) is 3.28. The fourth-order valence-corrected chi connectivity index (χ4v) is 3.28. The van der Waals surface area contributed by atoms with E-state index in [1.807, 2.05) is 6.07 Å². The molecule has 2 rings (SSSR count). The Morgan fingerprint density at radius 2 is 1.88 bits per heavy atom. The lowest BCUT2D eigenvalue weighted by molar-refractivity contribution is -0.141. The first-order valence-electron chi connectivity index (χ1n) is 8.55. The zero-order valence-corrected chi connectivity index (χ0v) is 14.4. The van der Waals surface area contributed by atoms with Gasteiger partial charge in [0, 0.05) is 5.92 Å². The van der Waals surface area contributed by atoms with E-state index in [0.29, 0.717) is 18.9 Å². The second-order valence-electron chi connectivity index (χ2n) is 6.51. The molecule has 0 aromatic heterocycles. The van der Waals surface area contributed by atoms with Crippen molar-refractivity contribution in [2.75, 3.05) is 0 Å². The van der Waals surface area contributed by atoms with Gasteiger partial charge in [0.25, 0.3) is 5.92 Å². The number of amides is 1. The lowest BCUT2D eigenvalue weighted by atomic mass is 9.76. The van der Waals surface area contributed by atoms with Crippen LogP contribution in [0.1, 0.15) is 31.2 Å². The summed E-state index contributed by atoms with van der Waals surface area (Å²) in [7, 11) is 0. The summed E-state index contributed by atoms with van der Waals surface area (Å²) in [5.74, 6) is -5.39. The van der Waals surface area contributed by atoms with Crippen LogP contribution in [0.3, 0.4) is 0 Å². The summed E-state index contributed by atoms with van der Waals surface area (Å²) >= 11 is 0. The first kappa shape index (κ1) is 19.9. The highest BCUT2D eigenvalue weighted by Gasteiger charge is 2.41. The number of alkyl halides is 2. The number of carbonyl (C=O) groups is 2. The third-order valence-corrected chi connectivity index (χ3v) is 4.81. The van der Waals surface area contributed by atoms with Gasteiger partial charge in [0.1, 0.15) is 12.6 Å². The molecule has 1 amide bonds. The van der Waals surface area contributed by atoms with Crippen molar-refractivity contribution < 1.29 is 28.2 Å². The van der Waals surface area contributed by atoms with Gasteiger partial charge in [-0.15, -0.1) is 0 Å². The zero-order valence-electron chi connectivity index (χ0n) is 14.4. The Morgan fingerprint density at radius 1 is 1.27 bits per heavy atom. The van der Waals surface area contributed by atoms with Crippen molar-refractivity contribution in [3.8, 4) is 0 Å². The molecule has 2 N–H and O–H groups in total. The van der Waals surface area contributed by atoms with Gasteiger partial charge in [0.05, 0.1) is 0 Å². The van der Waals surface area contributed by atoms with E-state index in [-0.39, 0.29) is 19.4 Å². The maximum Gasteiger partial charge on any atom is 0.408 e. The van der Waals surface area contributed by atoms with Gasteiger partial charge in [-0.2, -0.15) is 0 Å². The van der Waals surface area contributed by atoms with E-state index in [9.17, 15) is 23.5 Å². The van der Waals surface area contributed by atoms with Gasteiger partial charge >= 0.3 is 12.1 Å². The summed E-state index contributed by atoms with van der Waals surface area (Å²) in [6.45, 7) is 3.18. The number of hydrogen-bond acceptors (Lipinski definition) is 3. The molecule has 0 aliphatic heterocycles. The topological polar surface area (TPSA) is 75.6 Å². The van der Waals surface area contributed by atoms with Gasteiger partial charge in [0.2, 0.25) is 0 Å². The number of carboxylic acids is 1. The van der Waals surface area contributed by atoms with Gasteiger partial charge in [0.15, 0.2) is 0 Å². The number of carbonyl (C=O) groups excluding carboxylic acids is 1. The summed E-state index contributed by atoms with van der Waals surface area (Å²) in [5.41, 5.74) is 0.779. The highest BCUT2D eigenvalue weighted by atomic mass is 19.3. The molecule has 142 valence electrons. The number of nitrogens with one attached hydrogen (secondary N) is 1. The standard InChI is InChI=1S/C19H23F2NO4/c1-2-19(20,21)15-10-8-14(9-11-15)16(17(23)24)22-18(25)26-12-13-6-4-3-5-7-13/h2-7,14-16H,1,8-12H2,(H,22,25)(H,23,24). The van der Waals surface area contributed by atoms with E-state index in [1.54, 1.807) is 24.3 Å². The number of alkyl carbamates (subject to hydrolysis) is 1. The average Bonchev–Trinajstić information content (AvgIpc) is 2.65. The molecule has 1 aromatic carbocycles. The van der Waals surface area contributed by atoms with Crippen LogP contribution >= 0.6 is 0 Å². The molecule has 0 bridgehead atoms. The molecule has 1 fully saturated rings. The van der Waals surface area contributed by atoms with Crippen LogP contribution in [0.4, 0.5) is 13.6 Å². The fraction of sp³-hybridized carbons (Fsp3) is 0.474. The highest BCUT2D eigenvalue weighted by Crippen LogP contribution is 2.40. The molecule has 5 nitrogen and oxygen atoms in total. The molecule has 7 heteroatoms. The van der Waals surface area contributed by atoms with Crippen LogP contribution in [0.5, 0.6) is 0 Å². The SMILES string of the molecule is C=CC(F)(F)C1CCC(C(NC(=O)OCc2ccccc2)C(=O)O)CC1. The summed E-state index contributed by atoms with van der Waals surface area (Å²) in [4.78, 5) is 23.4. The van der Waals surface area contributed by atoms with E-state index in [2.05, 4.69) is 11.9 Å². The predicted molar refractivity (Wildman–Crippen MR) is 91.8 cm³/mol. The predicted octanol–water partition coefficient (Wildman–Crippen LogP) is 3.99. The maximum absolute atomic E-state index is 13.7. The average molecular weight is 367 g/mol. The van der Waals surface area contributed by atoms with Crippen molar-refractivity contribution in [3.05, 3.63) is 48.6 Å². The monoisotopic (exact) mass is 367 g/mol. The van der Waals surface area contributed by atoms with Gasteiger partial charge < -0.3 is 15.2 Å². The number of allylic oxidation sites excluding steroid dienone is 1. The summed E-state index contributed by atoms with van der Waals surface area (Å²) in [6.07, 6.45) is 0.780. The molecular formula is C19H23F2NO4. The van der Waals surface area contributed by atoms with Gasteiger partial charge in [-0.25, -0.2) is 18.4 Å². The van der Waals surface area contributed by atoms with Gasteiger partial charge in [-0.05, 0) is 43.2 Å². The smallest absolute Gasteiger partial charge is 0.408 e. The summed E-state index contributed by atoms with van der Waals surface area (Å²) in [5, 5.41) is 11.8. The van der Waals surface area contributed by atoms with Crippen LogP contribution in [-0.2, 0) is 16.1 Å². The molecule has 0 radical (unpaired) electrons. The molecule has 0 heterocycles. The Hall–Kier alpha value is -2.44. The minimum atomic E-state index is -2.95. The lowest BCUT2D eigenvalue weighted by Gasteiger charge is -2.34. The first-order valence-corrected chi connectivity index (χ1v) is 8.55. The van der Waals surface area contributed by atoms with Crippen LogP contribution in [-0.4, -0.2) is 29.1 Å². The van der Waals surface area contributed by atoms with Crippen molar-refractivity contribution >= 4 is 12.1 Å². The quantitative estimate of drug-likeness (QED) is 0.715. The number of hydrogen-bond donors (Lipinski definition) is 2. The van der Waals surface area contributed by atoms with Crippen molar-refractivity contribution in [1.29, 1.82) is 0 Å². The Labute approximate surface area is 151 Å². The van der Waals surface area contributed by atoms with Crippen molar-refractivity contribution in [1.82, 2.24) is 5.32 Å². The first-order chi connectivity index (χ1) is 12.3. The second kappa shape index (κ2) is 8.78. The van der Waals surface area contributed by atoms with Crippen LogP contribution in [0, 0.1) is 11.8 Å². The van der Waals surface area contributed by atoms with E-state index >= 15 is 0 Å². The molecule has 1 unspecified atom stereocenters. The molecule has 0 spiro atoms. The van der Waals surface area contributed by atoms with E-state index in [1.165, 1.54) is 0 Å². The van der Waals surface area contributed by atoms with Crippen LogP contribution in [0.15, 0.2) is 43.0 Å². The number of ether oxygens (including phenoxy) is 1. The molecule has 0 saturated heterocycles. The Kier molecular flexibility index (Phi) is 6.71. The van der Waals surface area contributed by atoms with Crippen LogP contribution < -0.4 is 5.32 Å². The summed E-state index contributed by atoms with van der Waals surface area (Å²) in [6, 6.07) is 7.83. The number of rotatable bonds is 7.